The Morgan fingerprint density at radius 1 is 1.26 bits per heavy atom. The Bertz CT molecular complexity index is 609. The highest BCUT2D eigenvalue weighted by molar-refractivity contribution is 5.87. The summed E-state index contributed by atoms with van der Waals surface area (Å²) in [5, 5.41) is 12.2. The summed E-state index contributed by atoms with van der Waals surface area (Å²) in [5.74, 6) is -0.935. The van der Waals surface area contributed by atoms with Gasteiger partial charge in [-0.25, -0.2) is 4.79 Å². The highest BCUT2D eigenvalue weighted by Crippen LogP contribution is 2.16. The topological polar surface area (TPSA) is 62.2 Å². The lowest BCUT2D eigenvalue weighted by Crippen LogP contribution is -2.05. The number of aromatic nitrogens is 1. The number of nitrogens with one attached hydrogen (secondary N) is 1. The van der Waals surface area contributed by atoms with E-state index in [2.05, 4.69) is 23.3 Å². The molecular weight excluding hydrogens is 240 g/mol. The third-order valence-corrected chi connectivity index (χ3v) is 2.91. The molecule has 2 N–H and O–H groups in total. The fourth-order valence-corrected chi connectivity index (χ4v) is 1.91. The number of hydrogen-bond acceptors (Lipinski definition) is 3. The van der Waals surface area contributed by atoms with E-state index in [0.717, 1.165) is 11.3 Å². The Balaban J connectivity index is 2.10. The van der Waals surface area contributed by atoms with E-state index in [1.807, 2.05) is 19.1 Å². The molecule has 0 spiro atoms. The van der Waals surface area contributed by atoms with E-state index < -0.39 is 5.97 Å². The zero-order chi connectivity index (χ0) is 13.8. The van der Waals surface area contributed by atoms with Crippen LogP contribution in [0, 0.1) is 13.8 Å². The summed E-state index contributed by atoms with van der Waals surface area (Å²) in [5.41, 5.74) is 4.38. The SMILES string of the molecule is Cc1ccc(NCc2cc(C(=O)O)ccn2)c(C)c1. The van der Waals surface area contributed by atoms with Crippen LogP contribution in [0.25, 0.3) is 0 Å². The molecule has 0 fully saturated rings. The van der Waals surface area contributed by atoms with Gasteiger partial charge in [0, 0.05) is 11.9 Å². The molecule has 0 atom stereocenters. The molecule has 0 unspecified atom stereocenters. The quantitative estimate of drug-likeness (QED) is 0.882. The maximum absolute atomic E-state index is 10.9. The van der Waals surface area contributed by atoms with Crippen LogP contribution in [-0.4, -0.2) is 16.1 Å². The number of anilines is 1. The second-order valence-electron chi connectivity index (χ2n) is 4.51. The fraction of sp³-hybridized carbons (Fsp3) is 0.200. The molecule has 1 aromatic heterocycles. The van der Waals surface area contributed by atoms with Gasteiger partial charge in [0.1, 0.15) is 0 Å². The summed E-state index contributed by atoms with van der Waals surface area (Å²) in [7, 11) is 0. The molecule has 0 radical (unpaired) electrons. The van der Waals surface area contributed by atoms with Gasteiger partial charge >= 0.3 is 5.97 Å². The first-order valence-electron chi connectivity index (χ1n) is 6.05. The van der Waals surface area contributed by atoms with Crippen LogP contribution in [-0.2, 0) is 6.54 Å². The molecule has 0 aliphatic carbocycles. The molecule has 0 saturated heterocycles. The Labute approximate surface area is 112 Å². The zero-order valence-electron chi connectivity index (χ0n) is 11.0. The fourth-order valence-electron chi connectivity index (χ4n) is 1.91. The van der Waals surface area contributed by atoms with Crippen molar-refractivity contribution in [3.05, 3.63) is 58.9 Å². The van der Waals surface area contributed by atoms with Crippen LogP contribution in [0.2, 0.25) is 0 Å². The minimum absolute atomic E-state index is 0.257. The smallest absolute Gasteiger partial charge is 0.335 e. The van der Waals surface area contributed by atoms with Crippen molar-refractivity contribution >= 4 is 11.7 Å². The molecule has 0 aliphatic heterocycles. The molecule has 0 saturated carbocycles. The minimum Gasteiger partial charge on any atom is -0.478 e. The molecule has 19 heavy (non-hydrogen) atoms. The summed E-state index contributed by atoms with van der Waals surface area (Å²) < 4.78 is 0. The molecular formula is C15H16N2O2. The summed E-state index contributed by atoms with van der Waals surface area (Å²) in [6.07, 6.45) is 1.52. The number of carbonyl (C=O) groups is 1. The van der Waals surface area contributed by atoms with E-state index in [1.54, 1.807) is 6.07 Å². The average molecular weight is 256 g/mol. The molecule has 4 heteroatoms. The molecule has 1 aromatic carbocycles. The third-order valence-electron chi connectivity index (χ3n) is 2.91. The number of benzene rings is 1. The number of hydrogen-bond donors (Lipinski definition) is 2. The van der Waals surface area contributed by atoms with Crippen molar-refractivity contribution in [3.63, 3.8) is 0 Å². The Kier molecular flexibility index (Phi) is 3.80. The first-order chi connectivity index (χ1) is 9.06. The minimum atomic E-state index is -0.935. The van der Waals surface area contributed by atoms with E-state index >= 15 is 0 Å². The van der Waals surface area contributed by atoms with Crippen LogP contribution in [0.5, 0.6) is 0 Å². The standard InChI is InChI=1S/C15H16N2O2/c1-10-3-4-14(11(2)7-10)17-9-13-8-12(15(18)19)5-6-16-13/h3-8,17H,9H2,1-2H3,(H,18,19). The average Bonchev–Trinajstić information content (AvgIpc) is 2.38. The van der Waals surface area contributed by atoms with Crippen molar-refractivity contribution in [1.82, 2.24) is 4.98 Å². The van der Waals surface area contributed by atoms with Gasteiger partial charge < -0.3 is 10.4 Å². The number of nitrogens with zero attached hydrogens (tertiary/aromatic N) is 1. The van der Waals surface area contributed by atoms with Crippen LogP contribution < -0.4 is 5.32 Å². The van der Waals surface area contributed by atoms with Gasteiger partial charge in [-0.05, 0) is 37.6 Å². The molecule has 0 bridgehead atoms. The molecule has 2 rings (SSSR count). The number of carboxylic acids is 1. The van der Waals surface area contributed by atoms with Gasteiger partial charge in [0.05, 0.1) is 17.8 Å². The maximum Gasteiger partial charge on any atom is 0.335 e. The lowest BCUT2D eigenvalue weighted by molar-refractivity contribution is 0.0696. The van der Waals surface area contributed by atoms with Gasteiger partial charge in [-0.15, -0.1) is 0 Å². The van der Waals surface area contributed by atoms with Crippen molar-refractivity contribution < 1.29 is 9.90 Å². The predicted molar refractivity (Wildman–Crippen MR) is 74.4 cm³/mol. The number of carboxylic acid groups (broad SMARTS) is 1. The van der Waals surface area contributed by atoms with Gasteiger partial charge in [-0.3, -0.25) is 4.98 Å². The first kappa shape index (κ1) is 13.1. The highest BCUT2D eigenvalue weighted by Gasteiger charge is 2.04. The second kappa shape index (κ2) is 5.52. The number of pyridine rings is 1. The molecule has 4 nitrogen and oxygen atoms in total. The van der Waals surface area contributed by atoms with Crippen LogP contribution >= 0.6 is 0 Å². The normalized spacial score (nSPS) is 10.2. The lowest BCUT2D eigenvalue weighted by atomic mass is 10.1. The number of aryl methyl sites for hydroxylation is 2. The molecule has 1 heterocycles. The summed E-state index contributed by atoms with van der Waals surface area (Å²) in [6, 6.07) is 9.23. The number of rotatable bonds is 4. The van der Waals surface area contributed by atoms with Crippen LogP contribution in [0.1, 0.15) is 27.2 Å². The van der Waals surface area contributed by atoms with Crippen molar-refractivity contribution in [2.45, 2.75) is 20.4 Å². The van der Waals surface area contributed by atoms with E-state index in [4.69, 9.17) is 5.11 Å². The first-order valence-corrected chi connectivity index (χ1v) is 6.05. The van der Waals surface area contributed by atoms with Crippen molar-refractivity contribution in [3.8, 4) is 0 Å². The highest BCUT2D eigenvalue weighted by atomic mass is 16.4. The summed E-state index contributed by atoms with van der Waals surface area (Å²) in [6.45, 7) is 4.59. The van der Waals surface area contributed by atoms with Gasteiger partial charge in [-0.1, -0.05) is 17.7 Å². The zero-order valence-corrected chi connectivity index (χ0v) is 11.0. The molecule has 0 amide bonds. The number of aromatic carboxylic acids is 1. The second-order valence-corrected chi connectivity index (χ2v) is 4.51. The Morgan fingerprint density at radius 2 is 2.05 bits per heavy atom. The third kappa shape index (κ3) is 3.31. The van der Waals surface area contributed by atoms with Crippen molar-refractivity contribution in [2.75, 3.05) is 5.32 Å². The van der Waals surface area contributed by atoms with Crippen LogP contribution in [0.3, 0.4) is 0 Å². The van der Waals surface area contributed by atoms with Gasteiger partial charge in [0.2, 0.25) is 0 Å². The van der Waals surface area contributed by atoms with Gasteiger partial charge in [-0.2, -0.15) is 0 Å². The monoisotopic (exact) mass is 256 g/mol. The largest absolute Gasteiger partial charge is 0.478 e. The Hall–Kier alpha value is -2.36. The molecule has 0 aliphatic rings. The van der Waals surface area contributed by atoms with Crippen molar-refractivity contribution in [2.24, 2.45) is 0 Å². The van der Waals surface area contributed by atoms with E-state index in [1.165, 1.54) is 17.8 Å². The van der Waals surface area contributed by atoms with E-state index in [0.29, 0.717) is 12.2 Å². The van der Waals surface area contributed by atoms with E-state index in [-0.39, 0.29) is 5.56 Å². The Morgan fingerprint density at radius 3 is 2.74 bits per heavy atom. The van der Waals surface area contributed by atoms with Gasteiger partial charge in [0.15, 0.2) is 0 Å². The van der Waals surface area contributed by atoms with Crippen LogP contribution in [0.4, 0.5) is 5.69 Å². The van der Waals surface area contributed by atoms with E-state index in [9.17, 15) is 4.79 Å². The maximum atomic E-state index is 10.9. The van der Waals surface area contributed by atoms with Crippen LogP contribution in [0.15, 0.2) is 36.5 Å². The predicted octanol–water partition coefficient (Wildman–Crippen LogP) is 3.01. The molecule has 98 valence electrons. The molecule has 2 aromatic rings. The summed E-state index contributed by atoms with van der Waals surface area (Å²) >= 11 is 0. The van der Waals surface area contributed by atoms with Crippen molar-refractivity contribution in [1.29, 1.82) is 0 Å². The lowest BCUT2D eigenvalue weighted by Gasteiger charge is -2.10. The summed E-state index contributed by atoms with van der Waals surface area (Å²) in [4.78, 5) is 15.0. The van der Waals surface area contributed by atoms with Gasteiger partial charge in [0.25, 0.3) is 0 Å².